The normalized spacial score (nSPS) is 18.1. The minimum Gasteiger partial charge on any atom is -0.481 e. The molecule has 0 aliphatic carbocycles. The highest BCUT2D eigenvalue weighted by Gasteiger charge is 2.15. The second-order valence-electron chi connectivity index (χ2n) is 4.69. The lowest BCUT2D eigenvalue weighted by Crippen LogP contribution is -2.43. The van der Waals surface area contributed by atoms with Crippen molar-refractivity contribution in [3.05, 3.63) is 16.1 Å². The second kappa shape index (κ2) is 6.26. The molecule has 0 aromatic carbocycles. The molecule has 1 fully saturated rings. The van der Waals surface area contributed by atoms with E-state index in [-0.39, 0.29) is 6.42 Å². The molecule has 1 saturated heterocycles. The van der Waals surface area contributed by atoms with Crippen LogP contribution in [0.3, 0.4) is 0 Å². The molecule has 0 spiro atoms. The van der Waals surface area contributed by atoms with Gasteiger partial charge in [-0.05, 0) is 13.5 Å². The van der Waals surface area contributed by atoms with E-state index in [1.165, 1.54) is 0 Å². The highest BCUT2D eigenvalue weighted by atomic mass is 32.1. The fourth-order valence-electron chi connectivity index (χ4n) is 1.96. The molecule has 1 aliphatic rings. The molecular formula is C12H19N3O2S. The smallest absolute Gasteiger partial charge is 0.303 e. The number of likely N-dealkylation sites (N-methyl/N-ethyl adjacent to an activating group) is 1. The molecule has 0 radical (unpaired) electrons. The van der Waals surface area contributed by atoms with E-state index in [1.807, 2.05) is 6.20 Å². The Hall–Kier alpha value is -0.980. The summed E-state index contributed by atoms with van der Waals surface area (Å²) in [5.41, 5.74) is 0. The van der Waals surface area contributed by atoms with E-state index in [0.717, 1.165) is 42.6 Å². The van der Waals surface area contributed by atoms with Gasteiger partial charge in [-0.3, -0.25) is 9.69 Å². The van der Waals surface area contributed by atoms with Crippen LogP contribution in [0.4, 0.5) is 0 Å². The number of hydrogen-bond donors (Lipinski definition) is 1. The molecular weight excluding hydrogens is 250 g/mol. The first-order chi connectivity index (χ1) is 8.63. The van der Waals surface area contributed by atoms with E-state index in [2.05, 4.69) is 21.8 Å². The van der Waals surface area contributed by atoms with Gasteiger partial charge in [-0.1, -0.05) is 0 Å². The summed E-state index contributed by atoms with van der Waals surface area (Å²) in [5, 5.41) is 9.74. The second-order valence-corrected chi connectivity index (χ2v) is 5.89. The number of carboxylic acids is 1. The quantitative estimate of drug-likeness (QED) is 0.861. The third-order valence-electron chi connectivity index (χ3n) is 3.14. The van der Waals surface area contributed by atoms with Crippen molar-refractivity contribution in [2.24, 2.45) is 0 Å². The van der Waals surface area contributed by atoms with Crippen LogP contribution in [0.15, 0.2) is 6.20 Å². The summed E-state index contributed by atoms with van der Waals surface area (Å²) in [4.78, 5) is 20.7. The van der Waals surface area contributed by atoms with E-state index in [0.29, 0.717) is 6.42 Å². The van der Waals surface area contributed by atoms with Crippen LogP contribution in [0.2, 0.25) is 0 Å². The number of rotatable bonds is 5. The van der Waals surface area contributed by atoms with Crippen molar-refractivity contribution in [2.45, 2.75) is 19.4 Å². The molecule has 18 heavy (non-hydrogen) atoms. The van der Waals surface area contributed by atoms with Gasteiger partial charge >= 0.3 is 5.97 Å². The number of thiazole rings is 1. The molecule has 1 aromatic heterocycles. The van der Waals surface area contributed by atoms with Crippen LogP contribution in [0, 0.1) is 0 Å². The molecule has 2 rings (SSSR count). The topological polar surface area (TPSA) is 56.7 Å². The van der Waals surface area contributed by atoms with Gasteiger partial charge < -0.3 is 10.0 Å². The molecule has 0 bridgehead atoms. The number of hydrogen-bond acceptors (Lipinski definition) is 5. The van der Waals surface area contributed by atoms with Crippen molar-refractivity contribution >= 4 is 17.3 Å². The highest BCUT2D eigenvalue weighted by Crippen LogP contribution is 2.17. The van der Waals surface area contributed by atoms with Gasteiger partial charge in [0.2, 0.25) is 0 Å². The fourth-order valence-corrected chi connectivity index (χ4v) is 2.93. The van der Waals surface area contributed by atoms with E-state index in [1.54, 1.807) is 11.3 Å². The Morgan fingerprint density at radius 2 is 2.17 bits per heavy atom. The number of aryl methyl sites for hydroxylation is 1. The molecule has 1 N–H and O–H groups in total. The molecule has 2 heterocycles. The maximum atomic E-state index is 10.5. The number of carbonyl (C=O) groups is 1. The van der Waals surface area contributed by atoms with Gasteiger partial charge in [-0.25, -0.2) is 4.98 Å². The maximum absolute atomic E-state index is 10.5. The largest absolute Gasteiger partial charge is 0.481 e. The summed E-state index contributed by atoms with van der Waals surface area (Å²) in [7, 11) is 2.14. The standard InChI is InChI=1S/C12H19N3O2S/c1-14-4-6-15(7-5-14)9-11-13-8-10(18-11)2-3-12(16)17/h8H,2-7,9H2,1H3,(H,16,17). The van der Waals surface area contributed by atoms with Crippen LogP contribution < -0.4 is 0 Å². The van der Waals surface area contributed by atoms with Crippen LogP contribution in [0.25, 0.3) is 0 Å². The number of aromatic nitrogens is 1. The first-order valence-corrected chi connectivity index (χ1v) is 7.01. The Morgan fingerprint density at radius 1 is 1.44 bits per heavy atom. The van der Waals surface area contributed by atoms with Crippen molar-refractivity contribution in [1.82, 2.24) is 14.8 Å². The summed E-state index contributed by atoms with van der Waals surface area (Å²) in [6, 6.07) is 0. The van der Waals surface area contributed by atoms with Crippen molar-refractivity contribution < 1.29 is 9.90 Å². The van der Waals surface area contributed by atoms with Crippen LogP contribution in [0.5, 0.6) is 0 Å². The monoisotopic (exact) mass is 269 g/mol. The molecule has 0 atom stereocenters. The molecule has 1 aliphatic heterocycles. The fraction of sp³-hybridized carbons (Fsp3) is 0.667. The summed E-state index contributed by atoms with van der Waals surface area (Å²) in [5.74, 6) is -0.746. The van der Waals surface area contributed by atoms with Gasteiger partial charge in [0.05, 0.1) is 13.0 Å². The molecule has 6 heteroatoms. The minimum atomic E-state index is -0.746. The molecule has 100 valence electrons. The lowest BCUT2D eigenvalue weighted by Gasteiger charge is -2.31. The van der Waals surface area contributed by atoms with Gasteiger partial charge in [0, 0.05) is 37.3 Å². The molecule has 5 nitrogen and oxygen atoms in total. The summed E-state index contributed by atoms with van der Waals surface area (Å²) in [6.07, 6.45) is 2.60. The predicted octanol–water partition coefficient (Wildman–Crippen LogP) is 0.908. The number of aliphatic carboxylic acids is 1. The van der Waals surface area contributed by atoms with Gasteiger partial charge in [0.1, 0.15) is 5.01 Å². The van der Waals surface area contributed by atoms with Crippen LogP contribution >= 0.6 is 11.3 Å². The molecule has 0 unspecified atom stereocenters. The minimum absolute atomic E-state index is 0.191. The van der Waals surface area contributed by atoms with Gasteiger partial charge in [-0.2, -0.15) is 0 Å². The third kappa shape index (κ3) is 4.04. The number of carboxylic acid groups (broad SMARTS) is 1. The predicted molar refractivity (Wildman–Crippen MR) is 70.8 cm³/mol. The molecule has 0 saturated carbocycles. The zero-order chi connectivity index (χ0) is 13.0. The Labute approximate surface area is 111 Å². The van der Waals surface area contributed by atoms with Crippen LogP contribution in [-0.4, -0.2) is 59.1 Å². The Balaban J connectivity index is 1.81. The Bertz CT molecular complexity index is 400. The Morgan fingerprint density at radius 3 is 2.83 bits per heavy atom. The van der Waals surface area contributed by atoms with Crippen molar-refractivity contribution in [3.8, 4) is 0 Å². The lowest BCUT2D eigenvalue weighted by molar-refractivity contribution is -0.136. The van der Waals surface area contributed by atoms with Crippen molar-refractivity contribution in [2.75, 3.05) is 33.2 Å². The summed E-state index contributed by atoms with van der Waals surface area (Å²) >= 11 is 1.64. The first-order valence-electron chi connectivity index (χ1n) is 6.20. The van der Waals surface area contributed by atoms with Gasteiger partial charge in [0.25, 0.3) is 0 Å². The lowest BCUT2D eigenvalue weighted by atomic mass is 10.3. The van der Waals surface area contributed by atoms with Crippen LogP contribution in [0.1, 0.15) is 16.3 Å². The first kappa shape index (κ1) is 13.5. The Kier molecular flexibility index (Phi) is 4.68. The average molecular weight is 269 g/mol. The molecule has 1 aromatic rings. The number of piperazine rings is 1. The van der Waals surface area contributed by atoms with E-state index < -0.39 is 5.97 Å². The van der Waals surface area contributed by atoms with Crippen LogP contribution in [-0.2, 0) is 17.8 Å². The zero-order valence-electron chi connectivity index (χ0n) is 10.6. The van der Waals surface area contributed by atoms with E-state index >= 15 is 0 Å². The number of nitrogens with zero attached hydrogens (tertiary/aromatic N) is 3. The molecule has 0 amide bonds. The van der Waals surface area contributed by atoms with Crippen molar-refractivity contribution in [1.29, 1.82) is 0 Å². The van der Waals surface area contributed by atoms with E-state index in [4.69, 9.17) is 5.11 Å². The summed E-state index contributed by atoms with van der Waals surface area (Å²) in [6.45, 7) is 5.28. The van der Waals surface area contributed by atoms with Gasteiger partial charge in [0.15, 0.2) is 0 Å². The zero-order valence-corrected chi connectivity index (χ0v) is 11.4. The highest BCUT2D eigenvalue weighted by molar-refractivity contribution is 7.11. The van der Waals surface area contributed by atoms with Crippen molar-refractivity contribution in [3.63, 3.8) is 0 Å². The SMILES string of the molecule is CN1CCN(Cc2ncc(CCC(=O)O)s2)CC1. The van der Waals surface area contributed by atoms with E-state index in [9.17, 15) is 4.79 Å². The summed E-state index contributed by atoms with van der Waals surface area (Å²) < 4.78 is 0. The maximum Gasteiger partial charge on any atom is 0.303 e. The average Bonchev–Trinajstić information content (AvgIpc) is 2.77. The van der Waals surface area contributed by atoms with Gasteiger partial charge in [-0.15, -0.1) is 11.3 Å². The third-order valence-corrected chi connectivity index (χ3v) is 4.18.